The normalized spacial score (nSPS) is 21.1. The van der Waals surface area contributed by atoms with Gasteiger partial charge in [-0.15, -0.1) is 10.2 Å². The topological polar surface area (TPSA) is 82.5 Å². The molecule has 0 aromatic carbocycles. The quantitative estimate of drug-likeness (QED) is 0.673. The van der Waals surface area contributed by atoms with Crippen LogP contribution in [0.4, 0.5) is 0 Å². The van der Waals surface area contributed by atoms with Crippen LogP contribution < -0.4 is 0 Å². The zero-order chi connectivity index (χ0) is 10.3. The molecule has 1 aliphatic rings. The molecule has 0 saturated carbocycles. The van der Waals surface area contributed by atoms with Crippen LogP contribution in [0.5, 0.6) is 0 Å². The highest BCUT2D eigenvalue weighted by molar-refractivity contribution is 8.00. The Kier molecular flexibility index (Phi) is 1.88. The number of ether oxygens (including phenoxy) is 1. The van der Waals surface area contributed by atoms with Crippen molar-refractivity contribution >= 4 is 23.6 Å². The van der Waals surface area contributed by atoms with Crippen molar-refractivity contribution in [1.82, 2.24) is 19.8 Å². The van der Waals surface area contributed by atoms with Gasteiger partial charge in [0.05, 0.1) is 6.61 Å². The molecule has 0 spiro atoms. The van der Waals surface area contributed by atoms with Crippen molar-refractivity contribution < 1.29 is 13.9 Å². The molecule has 0 radical (unpaired) electrons. The Morgan fingerprint density at radius 1 is 1.60 bits per heavy atom. The summed E-state index contributed by atoms with van der Waals surface area (Å²) in [5.74, 6) is 0.109. The third kappa shape index (κ3) is 1.46. The molecule has 1 atom stereocenters. The molecule has 1 aliphatic heterocycles. The van der Waals surface area contributed by atoms with Crippen LogP contribution in [0.15, 0.2) is 16.0 Å². The number of nitrogens with zero attached hydrogens (tertiary/aromatic N) is 4. The van der Waals surface area contributed by atoms with Crippen molar-refractivity contribution in [2.45, 2.75) is 16.9 Å². The van der Waals surface area contributed by atoms with Crippen LogP contribution in [-0.4, -0.2) is 37.6 Å². The van der Waals surface area contributed by atoms with Gasteiger partial charge in [0.25, 0.3) is 5.22 Å². The number of carbonyl (C=O) groups is 1. The molecule has 0 bridgehead atoms. The number of rotatable bonds is 2. The molecule has 0 amide bonds. The van der Waals surface area contributed by atoms with Gasteiger partial charge in [-0.05, 0) is 11.8 Å². The van der Waals surface area contributed by atoms with Gasteiger partial charge in [-0.25, -0.2) is 0 Å². The Labute approximate surface area is 87.8 Å². The number of thioether (sulfide) groups is 1. The van der Waals surface area contributed by atoms with Crippen LogP contribution in [0.25, 0.3) is 5.84 Å². The minimum atomic E-state index is -0.221. The summed E-state index contributed by atoms with van der Waals surface area (Å²) >= 11 is 1.25. The Hall–Kier alpha value is -1.57. The van der Waals surface area contributed by atoms with Crippen molar-refractivity contribution in [3.8, 4) is 0 Å². The average molecular weight is 226 g/mol. The van der Waals surface area contributed by atoms with E-state index in [0.29, 0.717) is 24.1 Å². The monoisotopic (exact) mass is 226 g/mol. The van der Waals surface area contributed by atoms with Crippen LogP contribution in [-0.2, 0) is 9.53 Å². The molecule has 15 heavy (non-hydrogen) atoms. The fourth-order valence-corrected chi connectivity index (χ4v) is 2.17. The molecular weight excluding hydrogens is 220 g/mol. The molecule has 0 N–H and O–H groups in total. The molecule has 2 aromatic heterocycles. The van der Waals surface area contributed by atoms with Crippen molar-refractivity contribution in [3.63, 3.8) is 0 Å². The average Bonchev–Trinajstić information content (AvgIpc) is 2.83. The first-order valence-corrected chi connectivity index (χ1v) is 5.21. The Morgan fingerprint density at radius 3 is 3.27 bits per heavy atom. The van der Waals surface area contributed by atoms with Crippen molar-refractivity contribution in [1.29, 1.82) is 0 Å². The van der Waals surface area contributed by atoms with Gasteiger partial charge in [-0.1, -0.05) is 5.10 Å². The predicted molar refractivity (Wildman–Crippen MR) is 48.3 cm³/mol. The molecule has 3 rings (SSSR count). The summed E-state index contributed by atoms with van der Waals surface area (Å²) < 4.78 is 11.5. The first kappa shape index (κ1) is 8.72. The molecule has 7 nitrogen and oxygen atoms in total. The second-order valence-electron chi connectivity index (χ2n) is 2.99. The zero-order valence-corrected chi connectivity index (χ0v) is 8.31. The lowest BCUT2D eigenvalue weighted by atomic mass is 10.4. The minimum Gasteiger partial charge on any atom is -0.465 e. The number of aromatic nitrogens is 4. The highest BCUT2D eigenvalue weighted by Crippen LogP contribution is 2.28. The third-order valence-corrected chi connectivity index (χ3v) is 3.08. The lowest BCUT2D eigenvalue weighted by molar-refractivity contribution is -0.137. The molecule has 1 saturated heterocycles. The van der Waals surface area contributed by atoms with E-state index in [0.717, 1.165) is 0 Å². The Bertz CT molecular complexity index is 479. The van der Waals surface area contributed by atoms with E-state index in [2.05, 4.69) is 15.3 Å². The van der Waals surface area contributed by atoms with Gasteiger partial charge in [0.15, 0.2) is 0 Å². The van der Waals surface area contributed by atoms with Crippen LogP contribution in [0, 0.1) is 0 Å². The largest absolute Gasteiger partial charge is 0.465 e. The van der Waals surface area contributed by atoms with Crippen molar-refractivity contribution in [3.05, 3.63) is 6.33 Å². The maximum Gasteiger partial charge on any atom is 0.345 e. The van der Waals surface area contributed by atoms with Crippen LogP contribution in [0.2, 0.25) is 0 Å². The molecule has 0 unspecified atom stereocenters. The van der Waals surface area contributed by atoms with Gasteiger partial charge in [-0.3, -0.25) is 4.79 Å². The highest BCUT2D eigenvalue weighted by Gasteiger charge is 2.29. The number of hydrogen-bond acceptors (Lipinski definition) is 7. The van der Waals surface area contributed by atoms with Crippen LogP contribution in [0.1, 0.15) is 6.42 Å². The number of cyclic esters (lactones) is 1. The third-order valence-electron chi connectivity index (χ3n) is 2.00. The first-order valence-electron chi connectivity index (χ1n) is 4.33. The van der Waals surface area contributed by atoms with Gasteiger partial charge in [0, 0.05) is 6.42 Å². The van der Waals surface area contributed by atoms with E-state index >= 15 is 0 Å². The molecular formula is C7H6N4O3S. The standard InChI is InChI=1S/C7H6N4O3S/c12-5-4(1-2-13-5)15-7-10-11-3-8-9-6(11)14-7/h3-4H,1-2H2/t4-/m0/s1. The molecule has 1 fully saturated rings. The van der Waals surface area contributed by atoms with Crippen LogP contribution >= 0.6 is 11.8 Å². The number of carbonyl (C=O) groups excluding carboxylic acids is 1. The van der Waals surface area contributed by atoms with Crippen LogP contribution in [0.3, 0.4) is 0 Å². The summed E-state index contributed by atoms with van der Waals surface area (Å²) in [6, 6.07) is 0. The van der Waals surface area contributed by atoms with Gasteiger partial charge >= 0.3 is 11.8 Å². The lowest BCUT2D eigenvalue weighted by Gasteiger charge is -1.98. The second kappa shape index (κ2) is 3.23. The fourth-order valence-electron chi connectivity index (χ4n) is 1.30. The van der Waals surface area contributed by atoms with Gasteiger partial charge in [0.1, 0.15) is 11.6 Å². The summed E-state index contributed by atoms with van der Waals surface area (Å²) in [5.41, 5.74) is 0. The molecule has 2 aromatic rings. The van der Waals surface area contributed by atoms with Gasteiger partial charge in [0.2, 0.25) is 0 Å². The zero-order valence-electron chi connectivity index (χ0n) is 7.49. The highest BCUT2D eigenvalue weighted by atomic mass is 32.2. The molecule has 0 aliphatic carbocycles. The summed E-state index contributed by atoms with van der Waals surface area (Å²) in [7, 11) is 0. The van der Waals surface area contributed by atoms with E-state index in [1.165, 1.54) is 22.6 Å². The molecule has 78 valence electrons. The summed E-state index contributed by atoms with van der Waals surface area (Å²) in [5, 5.41) is 11.5. The maximum absolute atomic E-state index is 11.2. The summed E-state index contributed by atoms with van der Waals surface area (Å²) in [6.45, 7) is 0.468. The van der Waals surface area contributed by atoms with E-state index in [4.69, 9.17) is 9.15 Å². The summed E-state index contributed by atoms with van der Waals surface area (Å²) in [4.78, 5) is 11.2. The predicted octanol–water partition coefficient (Wildman–Crippen LogP) is 0.125. The number of fused-ring (bicyclic) bond motifs is 1. The number of esters is 1. The Morgan fingerprint density at radius 2 is 2.53 bits per heavy atom. The van der Waals surface area contributed by atoms with Gasteiger partial charge < -0.3 is 9.15 Å². The van der Waals surface area contributed by atoms with Crippen molar-refractivity contribution in [2.75, 3.05) is 6.61 Å². The lowest BCUT2D eigenvalue weighted by Crippen LogP contribution is -2.09. The summed E-state index contributed by atoms with van der Waals surface area (Å²) in [6.07, 6.45) is 2.13. The fraction of sp³-hybridized carbons (Fsp3) is 0.429. The van der Waals surface area contributed by atoms with E-state index in [1.54, 1.807) is 0 Å². The van der Waals surface area contributed by atoms with E-state index in [-0.39, 0.29) is 11.2 Å². The van der Waals surface area contributed by atoms with Gasteiger partial charge in [-0.2, -0.15) is 4.52 Å². The molecule has 8 heteroatoms. The smallest absolute Gasteiger partial charge is 0.345 e. The maximum atomic E-state index is 11.2. The second-order valence-corrected chi connectivity index (χ2v) is 4.14. The Balaban J connectivity index is 1.83. The minimum absolute atomic E-state index is 0.214. The van der Waals surface area contributed by atoms with E-state index in [1.807, 2.05) is 0 Å². The van der Waals surface area contributed by atoms with E-state index < -0.39 is 0 Å². The van der Waals surface area contributed by atoms with E-state index in [9.17, 15) is 4.79 Å². The molecule has 3 heterocycles. The number of hydrogen-bond donors (Lipinski definition) is 0. The van der Waals surface area contributed by atoms with Crippen molar-refractivity contribution in [2.24, 2.45) is 0 Å². The first-order chi connectivity index (χ1) is 7.33. The SMILES string of the molecule is O=C1OCC[C@@H]1Sc1nn2cnnc2o1.